The van der Waals surface area contributed by atoms with Gasteiger partial charge in [-0.25, -0.2) is 4.79 Å². The van der Waals surface area contributed by atoms with Gasteiger partial charge in [0.15, 0.2) is 0 Å². The average Bonchev–Trinajstić information content (AvgIpc) is 2.98. The van der Waals surface area contributed by atoms with Crippen molar-refractivity contribution in [2.45, 2.75) is 64.5 Å². The fraction of sp³-hybridized carbons (Fsp3) is 0.789. The molecule has 3 amide bonds. The van der Waals surface area contributed by atoms with E-state index in [4.69, 9.17) is 0 Å². The molecular weight excluding hydrogens is 302 g/mol. The molecular formula is C19H31N3O2. The lowest BCUT2D eigenvalue weighted by Gasteiger charge is -2.31. The van der Waals surface area contributed by atoms with Gasteiger partial charge in [0.05, 0.1) is 0 Å². The van der Waals surface area contributed by atoms with Gasteiger partial charge in [0, 0.05) is 31.1 Å². The molecule has 3 rings (SSSR count). The van der Waals surface area contributed by atoms with Crippen LogP contribution in [0.2, 0.25) is 0 Å². The number of likely N-dealkylation sites (tertiary alicyclic amines) is 1. The number of nitrogens with zero attached hydrogens (tertiary/aromatic N) is 1. The van der Waals surface area contributed by atoms with Gasteiger partial charge in [-0.15, -0.1) is 0 Å². The van der Waals surface area contributed by atoms with E-state index in [-0.39, 0.29) is 29.9 Å². The summed E-state index contributed by atoms with van der Waals surface area (Å²) >= 11 is 0. The first-order valence-corrected chi connectivity index (χ1v) is 9.53. The van der Waals surface area contributed by atoms with E-state index in [9.17, 15) is 9.59 Å². The normalized spacial score (nSPS) is 32.5. The highest BCUT2D eigenvalue weighted by Crippen LogP contribution is 2.33. The number of nitrogens with one attached hydrogen (secondary N) is 2. The third kappa shape index (κ3) is 4.11. The molecule has 0 aromatic heterocycles. The van der Waals surface area contributed by atoms with Gasteiger partial charge in [0.1, 0.15) is 0 Å². The van der Waals surface area contributed by atoms with Crippen molar-refractivity contribution in [2.75, 3.05) is 13.1 Å². The number of rotatable bonds is 3. The van der Waals surface area contributed by atoms with Gasteiger partial charge in [-0.05, 0) is 57.8 Å². The van der Waals surface area contributed by atoms with Crippen LogP contribution in [0.4, 0.5) is 4.79 Å². The first-order chi connectivity index (χ1) is 11.5. The fourth-order valence-electron chi connectivity index (χ4n) is 4.41. The van der Waals surface area contributed by atoms with Crippen molar-refractivity contribution in [3.8, 4) is 0 Å². The summed E-state index contributed by atoms with van der Waals surface area (Å²) in [5.74, 6) is 1.45. The molecule has 5 heteroatoms. The second-order valence-corrected chi connectivity index (χ2v) is 8.04. The van der Waals surface area contributed by atoms with Gasteiger partial charge in [0.2, 0.25) is 5.91 Å². The fourth-order valence-corrected chi connectivity index (χ4v) is 4.41. The molecule has 24 heavy (non-hydrogen) atoms. The van der Waals surface area contributed by atoms with Gasteiger partial charge < -0.3 is 15.5 Å². The Morgan fingerprint density at radius 2 is 1.75 bits per heavy atom. The Morgan fingerprint density at radius 1 is 1.08 bits per heavy atom. The smallest absolute Gasteiger partial charge is 0.317 e. The van der Waals surface area contributed by atoms with Crippen LogP contribution >= 0.6 is 0 Å². The summed E-state index contributed by atoms with van der Waals surface area (Å²) < 4.78 is 0. The number of hydrogen-bond acceptors (Lipinski definition) is 2. The minimum Gasteiger partial charge on any atom is -0.354 e. The Bertz CT molecular complexity index is 487. The van der Waals surface area contributed by atoms with E-state index in [1.165, 1.54) is 0 Å². The first kappa shape index (κ1) is 17.3. The Hall–Kier alpha value is -1.52. The summed E-state index contributed by atoms with van der Waals surface area (Å²) in [7, 11) is 0. The van der Waals surface area contributed by atoms with Crippen LogP contribution in [0.3, 0.4) is 0 Å². The monoisotopic (exact) mass is 333 g/mol. The van der Waals surface area contributed by atoms with E-state index >= 15 is 0 Å². The first-order valence-electron chi connectivity index (χ1n) is 9.53. The van der Waals surface area contributed by atoms with Crippen molar-refractivity contribution < 1.29 is 9.59 Å². The Kier molecular flexibility index (Phi) is 5.47. The molecule has 0 unspecified atom stereocenters. The van der Waals surface area contributed by atoms with E-state index in [1.54, 1.807) is 0 Å². The molecule has 0 radical (unpaired) electrons. The predicted molar refractivity (Wildman–Crippen MR) is 94.5 cm³/mol. The number of urea groups is 1. The number of hydrogen-bond donors (Lipinski definition) is 2. The van der Waals surface area contributed by atoms with Crippen LogP contribution in [0.25, 0.3) is 0 Å². The zero-order chi connectivity index (χ0) is 17.1. The van der Waals surface area contributed by atoms with Crippen molar-refractivity contribution in [1.29, 1.82) is 0 Å². The molecule has 0 aromatic carbocycles. The second-order valence-electron chi connectivity index (χ2n) is 8.04. The van der Waals surface area contributed by atoms with E-state index in [1.807, 2.05) is 18.7 Å². The zero-order valence-corrected chi connectivity index (χ0v) is 15.0. The minimum atomic E-state index is 0.0387. The molecule has 3 aliphatic rings. The third-order valence-electron chi connectivity index (χ3n) is 5.71. The quantitative estimate of drug-likeness (QED) is 0.780. The lowest BCUT2D eigenvalue weighted by atomic mass is 9.85. The van der Waals surface area contributed by atoms with Crippen molar-refractivity contribution >= 4 is 11.9 Å². The molecule has 1 saturated heterocycles. The van der Waals surface area contributed by atoms with Crippen LogP contribution in [-0.4, -0.2) is 42.0 Å². The van der Waals surface area contributed by atoms with Crippen LogP contribution < -0.4 is 10.6 Å². The summed E-state index contributed by atoms with van der Waals surface area (Å²) in [4.78, 5) is 26.8. The van der Waals surface area contributed by atoms with Crippen molar-refractivity contribution in [2.24, 2.45) is 17.8 Å². The van der Waals surface area contributed by atoms with Crippen molar-refractivity contribution in [1.82, 2.24) is 15.5 Å². The van der Waals surface area contributed by atoms with Gasteiger partial charge in [-0.3, -0.25) is 4.79 Å². The Balaban J connectivity index is 1.48. The second kappa shape index (κ2) is 7.58. The molecule has 2 N–H and O–H groups in total. The van der Waals surface area contributed by atoms with E-state index in [2.05, 4.69) is 22.8 Å². The van der Waals surface area contributed by atoms with E-state index in [0.717, 1.165) is 51.6 Å². The summed E-state index contributed by atoms with van der Waals surface area (Å²) in [5, 5.41) is 6.20. The highest BCUT2D eigenvalue weighted by atomic mass is 16.2. The average molecular weight is 333 g/mol. The topological polar surface area (TPSA) is 61.4 Å². The summed E-state index contributed by atoms with van der Waals surface area (Å²) in [6.45, 7) is 5.74. The van der Waals surface area contributed by atoms with Gasteiger partial charge in [-0.2, -0.15) is 0 Å². The van der Waals surface area contributed by atoms with Crippen LogP contribution in [0.15, 0.2) is 12.2 Å². The largest absolute Gasteiger partial charge is 0.354 e. The maximum absolute atomic E-state index is 12.6. The third-order valence-corrected chi connectivity index (χ3v) is 5.71. The number of amides is 3. The van der Waals surface area contributed by atoms with Crippen molar-refractivity contribution in [3.63, 3.8) is 0 Å². The SMILES string of the molecule is CC(C)NC(=O)[C@@H]1CCC[C@H](NC(=O)N2C[C@@H]3CC=CC[C@H]3C2)C1. The van der Waals surface area contributed by atoms with Gasteiger partial charge in [0.25, 0.3) is 0 Å². The standard InChI is InChI=1S/C19H31N3O2/c1-13(2)20-18(23)14-8-5-9-17(10-14)21-19(24)22-11-15-6-3-4-7-16(15)12-22/h3-4,13-17H,5-12H2,1-2H3,(H,20,23)(H,21,24)/t14-,15+,16+,17+/m1/s1. The van der Waals surface area contributed by atoms with Gasteiger partial charge >= 0.3 is 6.03 Å². The summed E-state index contributed by atoms with van der Waals surface area (Å²) in [5.41, 5.74) is 0. The number of carbonyl (C=O) groups is 2. The van der Waals surface area contributed by atoms with Crippen molar-refractivity contribution in [3.05, 3.63) is 12.2 Å². The molecule has 1 aliphatic heterocycles. The van der Waals surface area contributed by atoms with Crippen LogP contribution in [0, 0.1) is 17.8 Å². The van der Waals surface area contributed by atoms with E-state index in [0.29, 0.717) is 11.8 Å². The van der Waals surface area contributed by atoms with Crippen LogP contribution in [0.1, 0.15) is 52.4 Å². The zero-order valence-electron chi connectivity index (χ0n) is 15.0. The minimum absolute atomic E-state index is 0.0387. The highest BCUT2D eigenvalue weighted by Gasteiger charge is 2.36. The molecule has 1 saturated carbocycles. The lowest BCUT2D eigenvalue weighted by molar-refractivity contribution is -0.126. The van der Waals surface area contributed by atoms with Crippen LogP contribution in [0.5, 0.6) is 0 Å². The molecule has 0 spiro atoms. The maximum atomic E-state index is 12.6. The lowest BCUT2D eigenvalue weighted by Crippen LogP contribution is -2.47. The Labute approximate surface area is 145 Å². The highest BCUT2D eigenvalue weighted by molar-refractivity contribution is 5.79. The molecule has 0 bridgehead atoms. The molecule has 2 fully saturated rings. The number of carbonyl (C=O) groups excluding carboxylic acids is 2. The Morgan fingerprint density at radius 3 is 2.38 bits per heavy atom. The summed E-state index contributed by atoms with van der Waals surface area (Å²) in [6, 6.07) is 0.378. The summed E-state index contributed by atoms with van der Waals surface area (Å²) in [6.07, 6.45) is 10.4. The predicted octanol–water partition coefficient (Wildman–Crippen LogP) is 2.68. The number of fused-ring (bicyclic) bond motifs is 1. The molecule has 2 aliphatic carbocycles. The molecule has 5 nitrogen and oxygen atoms in total. The van der Waals surface area contributed by atoms with E-state index < -0.39 is 0 Å². The van der Waals surface area contributed by atoms with Gasteiger partial charge in [-0.1, -0.05) is 18.6 Å². The number of allylic oxidation sites excluding steroid dienone is 2. The molecule has 4 atom stereocenters. The molecule has 0 aromatic rings. The maximum Gasteiger partial charge on any atom is 0.317 e. The molecule has 134 valence electrons. The van der Waals surface area contributed by atoms with Crippen LogP contribution in [-0.2, 0) is 4.79 Å². The molecule has 1 heterocycles.